The maximum atomic E-state index is 11.2. The molecule has 1 aliphatic rings. The first kappa shape index (κ1) is 8.71. The van der Waals surface area contributed by atoms with E-state index in [1.807, 2.05) is 0 Å². The van der Waals surface area contributed by atoms with Gasteiger partial charge in [-0.2, -0.15) is 0 Å². The second-order valence-corrected chi connectivity index (χ2v) is 3.48. The van der Waals surface area contributed by atoms with Crippen LogP contribution >= 0.6 is 15.9 Å². The molecular formula is C7H9BrO3. The molecule has 0 radical (unpaired) electrons. The molecule has 4 heteroatoms. The highest BCUT2D eigenvalue weighted by Crippen LogP contribution is 2.32. The van der Waals surface area contributed by atoms with Crippen LogP contribution in [0.3, 0.4) is 0 Å². The predicted molar refractivity (Wildman–Crippen MR) is 42.5 cm³/mol. The normalized spacial score (nSPS) is 19.1. The monoisotopic (exact) mass is 220 g/mol. The van der Waals surface area contributed by atoms with Gasteiger partial charge in [0.05, 0.1) is 7.11 Å². The summed E-state index contributed by atoms with van der Waals surface area (Å²) in [7, 11) is 1.27. The van der Waals surface area contributed by atoms with E-state index in [1.54, 1.807) is 0 Å². The van der Waals surface area contributed by atoms with Crippen LogP contribution in [0.5, 0.6) is 0 Å². The summed E-state index contributed by atoms with van der Waals surface area (Å²) in [4.78, 5) is 21.2. The first-order valence-electron chi connectivity index (χ1n) is 3.42. The largest absolute Gasteiger partial charge is 0.468 e. The number of halogens is 1. The van der Waals surface area contributed by atoms with Crippen LogP contribution in [-0.2, 0) is 14.3 Å². The third kappa shape index (κ3) is 2.02. The number of ketones is 1. The molecule has 1 fully saturated rings. The molecule has 0 N–H and O–H groups in total. The van der Waals surface area contributed by atoms with E-state index in [0.717, 1.165) is 12.8 Å². The molecule has 1 unspecified atom stereocenters. The second kappa shape index (κ2) is 3.34. The molecule has 3 nitrogen and oxygen atoms in total. The molecule has 1 saturated carbocycles. The van der Waals surface area contributed by atoms with Gasteiger partial charge in [-0.1, -0.05) is 15.9 Å². The molecule has 11 heavy (non-hydrogen) atoms. The van der Waals surface area contributed by atoms with Gasteiger partial charge in [-0.05, 0) is 12.8 Å². The van der Waals surface area contributed by atoms with Crippen LogP contribution in [0, 0.1) is 5.92 Å². The van der Waals surface area contributed by atoms with Crippen molar-refractivity contribution in [3.05, 3.63) is 0 Å². The number of alkyl halides is 1. The second-order valence-electron chi connectivity index (χ2n) is 2.56. The molecule has 0 bridgehead atoms. The number of esters is 1. The van der Waals surface area contributed by atoms with Crippen LogP contribution in [-0.4, -0.2) is 23.7 Å². The lowest BCUT2D eigenvalue weighted by Crippen LogP contribution is -2.26. The number of Topliss-reactive ketones (excluding diaryl/α,β-unsaturated/α-hetero) is 1. The van der Waals surface area contributed by atoms with Gasteiger partial charge in [0.1, 0.15) is 0 Å². The Morgan fingerprint density at radius 3 is 2.45 bits per heavy atom. The number of hydrogen-bond acceptors (Lipinski definition) is 3. The summed E-state index contributed by atoms with van der Waals surface area (Å²) in [5.41, 5.74) is 0. The zero-order valence-corrected chi connectivity index (χ0v) is 7.76. The third-order valence-electron chi connectivity index (χ3n) is 1.64. The lowest BCUT2D eigenvalue weighted by molar-refractivity contribution is -0.142. The number of hydrogen-bond donors (Lipinski definition) is 0. The number of carbonyl (C=O) groups is 2. The van der Waals surface area contributed by atoms with Crippen LogP contribution in [0.25, 0.3) is 0 Å². The van der Waals surface area contributed by atoms with Gasteiger partial charge >= 0.3 is 5.97 Å². The summed E-state index contributed by atoms with van der Waals surface area (Å²) in [6.07, 6.45) is 1.83. The van der Waals surface area contributed by atoms with Gasteiger partial charge in [0.2, 0.25) is 0 Å². The Labute approximate surface area is 73.2 Å². The minimum atomic E-state index is -0.750. The van der Waals surface area contributed by atoms with Gasteiger partial charge in [0, 0.05) is 5.92 Å². The molecule has 1 atom stereocenters. The Kier molecular flexibility index (Phi) is 2.65. The van der Waals surface area contributed by atoms with Crippen LogP contribution in [0.2, 0.25) is 0 Å². The van der Waals surface area contributed by atoms with Crippen LogP contribution in [0.1, 0.15) is 12.8 Å². The summed E-state index contributed by atoms with van der Waals surface area (Å²) >= 11 is 2.99. The number of carbonyl (C=O) groups excluding carboxylic acids is 2. The molecule has 0 saturated heterocycles. The standard InChI is InChI=1S/C7H9BrO3/c1-11-7(10)5(8)6(9)4-2-3-4/h4-5H,2-3H2,1H3. The van der Waals surface area contributed by atoms with Crippen molar-refractivity contribution in [2.75, 3.05) is 7.11 Å². The van der Waals surface area contributed by atoms with E-state index >= 15 is 0 Å². The summed E-state index contributed by atoms with van der Waals surface area (Å²) < 4.78 is 4.40. The van der Waals surface area contributed by atoms with Gasteiger partial charge in [-0.15, -0.1) is 0 Å². The Hall–Kier alpha value is -0.380. The third-order valence-corrected chi connectivity index (χ3v) is 2.46. The van der Waals surface area contributed by atoms with Gasteiger partial charge in [0.15, 0.2) is 10.6 Å². The molecule has 0 aromatic heterocycles. The summed E-state index contributed by atoms with van der Waals surface area (Å²) in [6, 6.07) is 0. The van der Waals surface area contributed by atoms with Crippen molar-refractivity contribution in [1.82, 2.24) is 0 Å². The molecule has 1 rings (SSSR count). The van der Waals surface area contributed by atoms with Crippen LogP contribution in [0.15, 0.2) is 0 Å². The fraction of sp³-hybridized carbons (Fsp3) is 0.714. The number of rotatable bonds is 3. The minimum Gasteiger partial charge on any atom is -0.468 e. The van der Waals surface area contributed by atoms with E-state index in [2.05, 4.69) is 20.7 Å². The lowest BCUT2D eigenvalue weighted by Gasteiger charge is -2.03. The van der Waals surface area contributed by atoms with Crippen molar-refractivity contribution in [3.8, 4) is 0 Å². The van der Waals surface area contributed by atoms with Crippen molar-refractivity contribution >= 4 is 27.7 Å². The number of ether oxygens (including phenoxy) is 1. The molecule has 0 aromatic rings. The fourth-order valence-corrected chi connectivity index (χ4v) is 1.36. The van der Waals surface area contributed by atoms with Crippen molar-refractivity contribution in [2.24, 2.45) is 5.92 Å². The Balaban J connectivity index is 2.44. The zero-order chi connectivity index (χ0) is 8.43. The van der Waals surface area contributed by atoms with E-state index in [-0.39, 0.29) is 11.7 Å². The highest BCUT2D eigenvalue weighted by atomic mass is 79.9. The summed E-state index contributed by atoms with van der Waals surface area (Å²) in [5, 5.41) is 0. The molecule has 0 aliphatic heterocycles. The van der Waals surface area contributed by atoms with E-state index in [1.165, 1.54) is 7.11 Å². The van der Waals surface area contributed by atoms with E-state index < -0.39 is 10.8 Å². The van der Waals surface area contributed by atoms with E-state index in [9.17, 15) is 9.59 Å². The Morgan fingerprint density at radius 1 is 1.55 bits per heavy atom. The van der Waals surface area contributed by atoms with Crippen molar-refractivity contribution in [2.45, 2.75) is 17.7 Å². The SMILES string of the molecule is COC(=O)C(Br)C(=O)C1CC1. The maximum Gasteiger partial charge on any atom is 0.327 e. The molecule has 0 spiro atoms. The Morgan fingerprint density at radius 2 is 2.09 bits per heavy atom. The van der Waals surface area contributed by atoms with E-state index in [4.69, 9.17) is 0 Å². The lowest BCUT2D eigenvalue weighted by atomic mass is 10.2. The maximum absolute atomic E-state index is 11.2. The molecule has 0 heterocycles. The average molecular weight is 221 g/mol. The van der Waals surface area contributed by atoms with Gasteiger partial charge in [0.25, 0.3) is 0 Å². The molecule has 62 valence electrons. The topological polar surface area (TPSA) is 43.4 Å². The van der Waals surface area contributed by atoms with Gasteiger partial charge in [-0.25, -0.2) is 0 Å². The van der Waals surface area contributed by atoms with E-state index in [0.29, 0.717) is 0 Å². The predicted octanol–water partition coefficient (Wildman–Crippen LogP) is 0.902. The minimum absolute atomic E-state index is 0.0446. The summed E-state index contributed by atoms with van der Waals surface area (Å²) in [5.74, 6) is -0.447. The fourth-order valence-electron chi connectivity index (χ4n) is 0.794. The van der Waals surface area contributed by atoms with Crippen molar-refractivity contribution in [1.29, 1.82) is 0 Å². The van der Waals surface area contributed by atoms with Crippen molar-refractivity contribution in [3.63, 3.8) is 0 Å². The molecular weight excluding hydrogens is 212 g/mol. The average Bonchev–Trinajstić information content (AvgIpc) is 2.82. The zero-order valence-electron chi connectivity index (χ0n) is 6.17. The highest BCUT2D eigenvalue weighted by molar-refractivity contribution is 9.10. The first-order chi connectivity index (χ1) is 5.16. The van der Waals surface area contributed by atoms with Crippen LogP contribution < -0.4 is 0 Å². The van der Waals surface area contributed by atoms with Gasteiger partial charge < -0.3 is 4.74 Å². The number of methoxy groups -OCH3 is 1. The first-order valence-corrected chi connectivity index (χ1v) is 4.34. The molecule has 0 aromatic carbocycles. The van der Waals surface area contributed by atoms with Crippen LogP contribution in [0.4, 0.5) is 0 Å². The molecule has 0 amide bonds. The quantitative estimate of drug-likeness (QED) is 0.404. The highest BCUT2D eigenvalue weighted by Gasteiger charge is 2.37. The smallest absolute Gasteiger partial charge is 0.327 e. The van der Waals surface area contributed by atoms with Crippen molar-refractivity contribution < 1.29 is 14.3 Å². The summed E-state index contributed by atoms with van der Waals surface area (Å²) in [6.45, 7) is 0. The Bertz CT molecular complexity index is 186. The molecule has 1 aliphatic carbocycles. The van der Waals surface area contributed by atoms with Gasteiger partial charge in [-0.3, -0.25) is 9.59 Å².